The average molecular weight is 258 g/mol. The number of nitrogens with zero attached hydrogens (tertiary/aromatic N) is 1. The molecule has 0 spiro atoms. The topological polar surface area (TPSA) is 46.3 Å². The van der Waals surface area contributed by atoms with E-state index < -0.39 is 0 Å². The van der Waals surface area contributed by atoms with Crippen LogP contribution in [0.1, 0.15) is 46.0 Å². The first-order chi connectivity index (χ1) is 7.99. The molecule has 0 aliphatic carbocycles. The molecule has 4 heteroatoms. The van der Waals surface area contributed by atoms with E-state index in [1.165, 1.54) is 32.1 Å². The van der Waals surface area contributed by atoms with Crippen LogP contribution in [0.4, 0.5) is 0 Å². The van der Waals surface area contributed by atoms with E-state index in [0.29, 0.717) is 11.7 Å². The average Bonchev–Trinajstić information content (AvgIpc) is 2.14. The lowest BCUT2D eigenvalue weighted by Crippen LogP contribution is -2.37. The highest BCUT2D eigenvalue weighted by Gasteiger charge is 2.16. The van der Waals surface area contributed by atoms with Gasteiger partial charge in [0, 0.05) is 24.4 Å². The van der Waals surface area contributed by atoms with Gasteiger partial charge in [-0.05, 0) is 26.7 Å². The Kier molecular flexibility index (Phi) is 6.34. The summed E-state index contributed by atoms with van der Waals surface area (Å²) in [5.74, 6) is 1.72. The van der Waals surface area contributed by atoms with E-state index in [1.54, 1.807) is 11.8 Å². The quantitative estimate of drug-likeness (QED) is 0.841. The Hall–Kier alpha value is -0.220. The van der Waals surface area contributed by atoms with Crippen LogP contribution in [0.5, 0.6) is 0 Å². The van der Waals surface area contributed by atoms with Crippen molar-refractivity contribution in [2.24, 2.45) is 5.73 Å². The van der Waals surface area contributed by atoms with Crippen LogP contribution in [0.25, 0.3) is 0 Å². The molecule has 2 N–H and O–H groups in total. The zero-order chi connectivity index (χ0) is 12.7. The molecule has 100 valence electrons. The van der Waals surface area contributed by atoms with Gasteiger partial charge in [-0.15, -0.1) is 0 Å². The zero-order valence-corrected chi connectivity index (χ0v) is 12.0. The first-order valence-electron chi connectivity index (χ1n) is 6.63. The molecule has 0 saturated carbocycles. The number of hydrogen-bond donors (Lipinski definition) is 1. The van der Waals surface area contributed by atoms with E-state index in [2.05, 4.69) is 0 Å². The molecule has 1 saturated heterocycles. The first-order valence-corrected chi connectivity index (χ1v) is 7.79. The summed E-state index contributed by atoms with van der Waals surface area (Å²) in [6.07, 6.45) is 6.20. The van der Waals surface area contributed by atoms with Crippen molar-refractivity contribution in [2.45, 2.75) is 51.5 Å². The number of thioether (sulfide) groups is 1. The van der Waals surface area contributed by atoms with Crippen molar-refractivity contribution in [3.8, 4) is 0 Å². The standard InChI is InChI=1S/C13H26N2OS/c1-13(2,14)11-17-10-12(16)15-8-6-4-3-5-7-9-15/h3-11,14H2,1-2H3. The lowest BCUT2D eigenvalue weighted by Gasteiger charge is -2.25. The number of likely N-dealkylation sites (tertiary alicyclic amines) is 1. The van der Waals surface area contributed by atoms with Gasteiger partial charge in [-0.3, -0.25) is 4.79 Å². The highest BCUT2D eigenvalue weighted by atomic mass is 32.2. The van der Waals surface area contributed by atoms with Gasteiger partial charge in [-0.25, -0.2) is 0 Å². The molecule has 0 unspecified atom stereocenters. The fourth-order valence-corrected chi connectivity index (χ4v) is 2.97. The second kappa shape index (κ2) is 7.27. The Morgan fingerprint density at radius 1 is 1.18 bits per heavy atom. The Morgan fingerprint density at radius 2 is 1.71 bits per heavy atom. The maximum atomic E-state index is 12.0. The summed E-state index contributed by atoms with van der Waals surface area (Å²) in [6.45, 7) is 5.90. The van der Waals surface area contributed by atoms with E-state index in [-0.39, 0.29) is 5.54 Å². The molecule has 1 aliphatic rings. The summed E-state index contributed by atoms with van der Waals surface area (Å²) in [6, 6.07) is 0. The third-order valence-corrected chi connectivity index (χ3v) is 4.31. The molecule has 0 bridgehead atoms. The van der Waals surface area contributed by atoms with Crippen molar-refractivity contribution in [3.63, 3.8) is 0 Å². The third kappa shape index (κ3) is 6.94. The second-order valence-corrected chi connectivity index (χ2v) is 6.62. The van der Waals surface area contributed by atoms with E-state index in [1.807, 2.05) is 18.7 Å². The van der Waals surface area contributed by atoms with Crippen LogP contribution < -0.4 is 5.73 Å². The van der Waals surface area contributed by atoms with Crippen LogP contribution in [0.15, 0.2) is 0 Å². The highest BCUT2D eigenvalue weighted by molar-refractivity contribution is 8.00. The van der Waals surface area contributed by atoms with Gasteiger partial charge in [-0.2, -0.15) is 11.8 Å². The molecular weight excluding hydrogens is 232 g/mol. The Bertz CT molecular complexity index is 230. The van der Waals surface area contributed by atoms with Gasteiger partial charge in [0.1, 0.15) is 0 Å². The molecule has 0 radical (unpaired) electrons. The monoisotopic (exact) mass is 258 g/mol. The van der Waals surface area contributed by atoms with Crippen molar-refractivity contribution in [1.29, 1.82) is 0 Å². The molecule has 1 rings (SSSR count). The summed E-state index contributed by atoms with van der Waals surface area (Å²) in [5, 5.41) is 0. The SMILES string of the molecule is CC(C)(N)CSCC(=O)N1CCCCCCC1. The lowest BCUT2D eigenvalue weighted by molar-refractivity contribution is -0.128. The van der Waals surface area contributed by atoms with Gasteiger partial charge in [0.05, 0.1) is 5.75 Å². The molecule has 1 heterocycles. The third-order valence-electron chi connectivity index (χ3n) is 2.91. The predicted molar refractivity (Wildman–Crippen MR) is 75.3 cm³/mol. The Balaban J connectivity index is 2.25. The summed E-state index contributed by atoms with van der Waals surface area (Å²) in [7, 11) is 0. The van der Waals surface area contributed by atoms with Gasteiger partial charge in [0.25, 0.3) is 0 Å². The molecule has 0 aromatic heterocycles. The van der Waals surface area contributed by atoms with Crippen LogP contribution >= 0.6 is 11.8 Å². The minimum absolute atomic E-state index is 0.179. The number of carbonyl (C=O) groups is 1. The van der Waals surface area contributed by atoms with Crippen molar-refractivity contribution >= 4 is 17.7 Å². The molecule has 0 aromatic carbocycles. The molecule has 1 fully saturated rings. The van der Waals surface area contributed by atoms with Crippen molar-refractivity contribution in [2.75, 3.05) is 24.6 Å². The normalized spacial score (nSPS) is 18.6. The minimum atomic E-state index is -0.179. The van der Waals surface area contributed by atoms with Crippen LogP contribution in [-0.2, 0) is 4.79 Å². The smallest absolute Gasteiger partial charge is 0.232 e. The molecule has 17 heavy (non-hydrogen) atoms. The number of hydrogen-bond acceptors (Lipinski definition) is 3. The molecule has 1 aliphatic heterocycles. The maximum absolute atomic E-state index is 12.0. The van der Waals surface area contributed by atoms with Gasteiger partial charge >= 0.3 is 0 Å². The van der Waals surface area contributed by atoms with Gasteiger partial charge in [0.15, 0.2) is 0 Å². The van der Waals surface area contributed by atoms with E-state index in [4.69, 9.17) is 5.73 Å². The number of amides is 1. The maximum Gasteiger partial charge on any atom is 0.232 e. The Labute approximate surface area is 109 Å². The van der Waals surface area contributed by atoms with Crippen LogP contribution in [0.3, 0.4) is 0 Å². The van der Waals surface area contributed by atoms with Crippen LogP contribution in [-0.4, -0.2) is 40.9 Å². The summed E-state index contributed by atoms with van der Waals surface area (Å²) < 4.78 is 0. The van der Waals surface area contributed by atoms with E-state index in [9.17, 15) is 4.79 Å². The van der Waals surface area contributed by atoms with Crippen LogP contribution in [0, 0.1) is 0 Å². The summed E-state index contributed by atoms with van der Waals surface area (Å²) >= 11 is 1.66. The molecule has 0 atom stereocenters. The van der Waals surface area contributed by atoms with Gasteiger partial charge in [0.2, 0.25) is 5.91 Å². The van der Waals surface area contributed by atoms with Crippen LogP contribution in [0.2, 0.25) is 0 Å². The minimum Gasteiger partial charge on any atom is -0.342 e. The molecule has 0 aromatic rings. The Morgan fingerprint density at radius 3 is 2.24 bits per heavy atom. The zero-order valence-electron chi connectivity index (χ0n) is 11.2. The number of rotatable bonds is 4. The predicted octanol–water partition coefficient (Wildman–Crippen LogP) is 2.25. The lowest BCUT2D eigenvalue weighted by atomic mass is 10.1. The molecule has 3 nitrogen and oxygen atoms in total. The number of carbonyl (C=O) groups excluding carboxylic acids is 1. The molecule has 1 amide bonds. The van der Waals surface area contributed by atoms with Crippen molar-refractivity contribution in [3.05, 3.63) is 0 Å². The van der Waals surface area contributed by atoms with E-state index >= 15 is 0 Å². The number of nitrogens with two attached hydrogens (primary N) is 1. The van der Waals surface area contributed by atoms with Crippen molar-refractivity contribution < 1.29 is 4.79 Å². The van der Waals surface area contributed by atoms with Crippen molar-refractivity contribution in [1.82, 2.24) is 4.90 Å². The largest absolute Gasteiger partial charge is 0.342 e. The first kappa shape index (κ1) is 14.8. The summed E-state index contributed by atoms with van der Waals surface area (Å²) in [5.41, 5.74) is 5.72. The fourth-order valence-electron chi connectivity index (χ4n) is 1.99. The van der Waals surface area contributed by atoms with Gasteiger partial charge < -0.3 is 10.6 Å². The van der Waals surface area contributed by atoms with Gasteiger partial charge in [-0.1, -0.05) is 19.3 Å². The highest BCUT2D eigenvalue weighted by Crippen LogP contribution is 2.14. The fraction of sp³-hybridized carbons (Fsp3) is 0.923. The van der Waals surface area contributed by atoms with E-state index in [0.717, 1.165) is 18.8 Å². The second-order valence-electron chi connectivity index (χ2n) is 5.63. The molecular formula is C13H26N2OS. The summed E-state index contributed by atoms with van der Waals surface area (Å²) in [4.78, 5) is 14.1.